The van der Waals surface area contributed by atoms with E-state index in [-0.39, 0.29) is 51.6 Å². The van der Waals surface area contributed by atoms with Crippen LogP contribution in [0.25, 0.3) is 66.8 Å². The fraction of sp³-hybridized carbons (Fsp3) is 0.255. The summed E-state index contributed by atoms with van der Waals surface area (Å²) in [5.74, 6) is -1.21. The van der Waals surface area contributed by atoms with Gasteiger partial charge in [0.15, 0.2) is 5.43 Å². The number of anilines is 1. The summed E-state index contributed by atoms with van der Waals surface area (Å²) in [7, 11) is 0. The van der Waals surface area contributed by atoms with Crippen LogP contribution in [0.2, 0.25) is 0 Å². The first-order chi connectivity index (χ1) is 32.9. The summed E-state index contributed by atoms with van der Waals surface area (Å²) in [5.41, 5.74) is 6.38. The van der Waals surface area contributed by atoms with Gasteiger partial charge in [-0.2, -0.15) is 0 Å². The molecule has 0 atom stereocenters. The molecule has 1 saturated carbocycles. The summed E-state index contributed by atoms with van der Waals surface area (Å²) in [6.07, 6.45) is 2.48. The number of thiol groups is 1. The van der Waals surface area contributed by atoms with Crippen molar-refractivity contribution in [1.29, 1.82) is 0 Å². The predicted octanol–water partition coefficient (Wildman–Crippen LogP) is 9.27. The van der Waals surface area contributed by atoms with Crippen LogP contribution in [-0.2, 0) is 0 Å². The lowest BCUT2D eigenvalue weighted by Gasteiger charge is -2.30. The van der Waals surface area contributed by atoms with Gasteiger partial charge in [-0.1, -0.05) is 24.3 Å². The number of hydrogen-bond acceptors (Lipinski definition) is 9. The lowest BCUT2D eigenvalue weighted by molar-refractivity contribution is -0.268. The van der Waals surface area contributed by atoms with E-state index in [1.54, 1.807) is 24.3 Å². The van der Waals surface area contributed by atoms with Crippen molar-refractivity contribution in [2.75, 3.05) is 31.1 Å². The van der Waals surface area contributed by atoms with E-state index in [9.17, 15) is 29.4 Å². The summed E-state index contributed by atoms with van der Waals surface area (Å²) >= 11 is 4.98. The third-order valence-corrected chi connectivity index (χ3v) is 13.7. The minimum Gasteiger partial charge on any atom is -0.872 e. The smallest absolute Gasteiger partial charge is 0.336 e. The molecular formula is C55H52N4O8S. The van der Waals surface area contributed by atoms with Gasteiger partial charge in [0.2, 0.25) is 5.36 Å². The van der Waals surface area contributed by atoms with Crippen molar-refractivity contribution in [3.05, 3.63) is 141 Å². The van der Waals surface area contributed by atoms with E-state index < -0.39 is 11.9 Å². The van der Waals surface area contributed by atoms with Gasteiger partial charge in [-0.3, -0.25) is 14.4 Å². The van der Waals surface area contributed by atoms with Crippen LogP contribution < -0.4 is 36.0 Å². The number of carbonyl (C=O) groups is 3. The number of carboxylic acid groups (broad SMARTS) is 1. The van der Waals surface area contributed by atoms with E-state index in [4.69, 9.17) is 21.5 Å². The molecule has 3 aliphatic carbocycles. The summed E-state index contributed by atoms with van der Waals surface area (Å²) < 4.78 is 14.9. The lowest BCUT2D eigenvalue weighted by Crippen LogP contribution is -2.43. The highest BCUT2D eigenvalue weighted by atomic mass is 32.1. The minimum atomic E-state index is -1.25. The monoisotopic (exact) mass is 928 g/mol. The van der Waals surface area contributed by atoms with Gasteiger partial charge < -0.3 is 34.6 Å². The Bertz CT molecular complexity index is 3340. The normalized spacial score (nSPS) is 14.9. The Morgan fingerprint density at radius 2 is 1.21 bits per heavy atom. The fourth-order valence-corrected chi connectivity index (χ4v) is 10.1. The molecule has 0 bridgehead atoms. The summed E-state index contributed by atoms with van der Waals surface area (Å²) in [5, 5.41) is 31.4. The van der Waals surface area contributed by atoms with Crippen LogP contribution in [0, 0.1) is 0 Å². The van der Waals surface area contributed by atoms with E-state index in [0.29, 0.717) is 58.2 Å². The number of rotatable bonds is 12. The molecule has 2 amide bonds. The molecule has 0 saturated heterocycles. The second kappa shape index (κ2) is 19.1. The number of carbonyl (C=O) groups excluding carboxylic acids is 2. The largest absolute Gasteiger partial charge is 0.872 e. The molecule has 4 aromatic carbocycles. The molecule has 0 unspecified atom stereocenters. The number of hydrogen-bond donors (Lipinski definition) is 4. The van der Waals surface area contributed by atoms with Gasteiger partial charge >= 0.3 is 5.97 Å². The fourth-order valence-electron chi connectivity index (χ4n) is 9.75. The third-order valence-electron chi connectivity index (χ3n) is 13.3. The van der Waals surface area contributed by atoms with Crippen molar-refractivity contribution in [3.8, 4) is 50.7 Å². The number of nitrogens with zero attached hydrogens (tertiary/aromatic N) is 2. The Morgan fingerprint density at radius 1 is 0.662 bits per heavy atom. The van der Waals surface area contributed by atoms with Crippen LogP contribution in [0.4, 0.5) is 5.69 Å². The zero-order chi connectivity index (χ0) is 47.8. The van der Waals surface area contributed by atoms with Crippen LogP contribution in [0.3, 0.4) is 0 Å². The van der Waals surface area contributed by atoms with Gasteiger partial charge in [0.25, 0.3) is 11.8 Å². The molecule has 68 heavy (non-hydrogen) atoms. The summed E-state index contributed by atoms with van der Waals surface area (Å²) in [6.45, 7) is 12.0. The Labute approximate surface area is 398 Å². The molecule has 13 heteroatoms. The Balaban J connectivity index is 0.906. The molecule has 4 aromatic rings. The molecule has 5 aliphatic rings. The van der Waals surface area contributed by atoms with E-state index in [1.807, 2.05) is 18.2 Å². The maximum atomic E-state index is 13.8. The van der Waals surface area contributed by atoms with Gasteiger partial charge in [0.1, 0.15) is 35.8 Å². The van der Waals surface area contributed by atoms with Crippen molar-refractivity contribution in [2.45, 2.75) is 70.4 Å². The molecule has 3 N–H and O–H groups in total. The standard InChI is InChI=1S/C55H52N4O8S/c1-5-58(6-2)35-15-21-40-46(27-35)66-47-28-36(59(7-3)8-4)16-22-41(47)52(40)44-20-10-32(26-50(44)68)54(63)57-34-13-11-33(12-14-34)56-53(62)31-9-19-39(45(25-31)55(64)65)51-42-23-17-37(60)29-48(42)67-49-30-38(61)18-24-43(49)51/h9-10,15-30,33-34H,5-8,11-14H2,1-4H3,(H4,56,57,60,61,62,63,64,65). The average Bonchev–Trinajstić information content (AvgIpc) is 3.33. The first-order valence-corrected chi connectivity index (χ1v) is 23.7. The predicted molar refractivity (Wildman–Crippen MR) is 267 cm³/mol. The zero-order valence-electron chi connectivity index (χ0n) is 38.4. The first kappa shape index (κ1) is 45.8. The number of benzene rings is 6. The van der Waals surface area contributed by atoms with E-state index >= 15 is 0 Å². The van der Waals surface area contributed by atoms with E-state index in [1.165, 1.54) is 30.3 Å². The molecule has 2 heterocycles. The Kier molecular flexibility index (Phi) is 12.8. The molecule has 0 aromatic heterocycles. The number of nitrogens with one attached hydrogen (secondary N) is 2. The summed E-state index contributed by atoms with van der Waals surface area (Å²) in [6, 6.07) is 30.9. The highest BCUT2D eigenvalue weighted by Gasteiger charge is 2.28. The Hall–Kier alpha value is -7.38. The number of aromatic carboxylic acids is 1. The van der Waals surface area contributed by atoms with Crippen molar-refractivity contribution in [2.24, 2.45) is 0 Å². The highest BCUT2D eigenvalue weighted by Crippen LogP contribution is 2.44. The second-order valence-corrected chi connectivity index (χ2v) is 17.8. The average molecular weight is 929 g/mol. The van der Waals surface area contributed by atoms with Crippen molar-refractivity contribution in [3.63, 3.8) is 0 Å². The lowest BCUT2D eigenvalue weighted by atomic mass is 9.89. The van der Waals surface area contributed by atoms with Crippen molar-refractivity contribution >= 4 is 58.0 Å². The maximum Gasteiger partial charge on any atom is 0.336 e. The van der Waals surface area contributed by atoms with Gasteiger partial charge in [-0.05, 0) is 125 Å². The molecule has 346 valence electrons. The number of carboxylic acids is 1. The molecule has 0 spiro atoms. The van der Waals surface area contributed by atoms with E-state index in [2.05, 4.69) is 84.2 Å². The number of amides is 2. The van der Waals surface area contributed by atoms with Crippen LogP contribution in [0.1, 0.15) is 84.5 Å². The van der Waals surface area contributed by atoms with Crippen LogP contribution in [-0.4, -0.2) is 61.2 Å². The maximum absolute atomic E-state index is 13.8. The second-order valence-electron chi connectivity index (χ2n) is 17.3. The highest BCUT2D eigenvalue weighted by molar-refractivity contribution is 7.80. The molecule has 12 nitrogen and oxygen atoms in total. The third kappa shape index (κ3) is 8.81. The quantitative estimate of drug-likeness (QED) is 0.0530. The Morgan fingerprint density at radius 3 is 1.81 bits per heavy atom. The SMILES string of the molecule is CCN(CC)c1ccc2c(-c3ccc(C(=O)NC4CCC(NC(=O)c5ccc(-c6c7ccc(=O)cc-7oc7cc([O-])ccc67)c(C(=O)O)c5)CC4)cc3S)c3ccc(=[N+](CC)CC)cc-3oc2c1. The van der Waals surface area contributed by atoms with Crippen molar-refractivity contribution in [1.82, 2.24) is 15.2 Å². The number of fused-ring (bicyclic) bond motifs is 4. The topological polar surface area (TPSA) is 168 Å². The molecule has 9 rings (SSSR count). The zero-order valence-corrected chi connectivity index (χ0v) is 39.2. The first-order valence-electron chi connectivity index (χ1n) is 23.2. The van der Waals surface area contributed by atoms with E-state index in [0.717, 1.165) is 70.6 Å². The van der Waals surface area contributed by atoms with Crippen LogP contribution in [0.5, 0.6) is 5.75 Å². The van der Waals surface area contributed by atoms with Gasteiger partial charge in [-0.15, -0.1) is 18.4 Å². The van der Waals surface area contributed by atoms with Crippen LogP contribution >= 0.6 is 12.6 Å². The van der Waals surface area contributed by atoms with Gasteiger partial charge in [0.05, 0.1) is 11.6 Å². The molecule has 1 fully saturated rings. The molecule has 0 radical (unpaired) electrons. The van der Waals surface area contributed by atoms with Crippen LogP contribution in [0.15, 0.2) is 128 Å². The molecular weight excluding hydrogens is 877 g/mol. The summed E-state index contributed by atoms with van der Waals surface area (Å²) in [4.78, 5) is 55.3. The van der Waals surface area contributed by atoms with Gasteiger partial charge in [0, 0.05) is 98.1 Å². The minimum absolute atomic E-state index is 0.113. The molecule has 2 aliphatic heterocycles. The van der Waals surface area contributed by atoms with Gasteiger partial charge in [-0.25, -0.2) is 9.37 Å². The van der Waals surface area contributed by atoms with Crippen molar-refractivity contribution < 1.29 is 33.4 Å².